The second-order valence-corrected chi connectivity index (χ2v) is 7.83. The number of amides is 1. The van der Waals surface area contributed by atoms with Gasteiger partial charge in [0, 0.05) is 42.5 Å². The molecule has 0 radical (unpaired) electrons. The molecule has 0 unspecified atom stereocenters. The van der Waals surface area contributed by atoms with Crippen molar-refractivity contribution in [3.8, 4) is 11.4 Å². The minimum atomic E-state index is -0.485. The van der Waals surface area contributed by atoms with Gasteiger partial charge in [-0.2, -0.15) is 0 Å². The Balaban J connectivity index is 1.60. The van der Waals surface area contributed by atoms with E-state index in [4.69, 9.17) is 15.7 Å². The van der Waals surface area contributed by atoms with Gasteiger partial charge in [0.15, 0.2) is 0 Å². The molecule has 1 aliphatic rings. The van der Waals surface area contributed by atoms with E-state index in [0.29, 0.717) is 17.1 Å². The van der Waals surface area contributed by atoms with Gasteiger partial charge in [0.1, 0.15) is 17.3 Å². The zero-order chi connectivity index (χ0) is 22.1. The molecule has 1 saturated heterocycles. The number of nitrogens with two attached hydrogens (primary N) is 1. The van der Waals surface area contributed by atoms with Crippen LogP contribution in [0, 0.1) is 0 Å². The summed E-state index contributed by atoms with van der Waals surface area (Å²) in [5, 5.41) is 12.5. The maximum Gasteiger partial charge on any atom is 0.248 e. The minimum absolute atomic E-state index is 0.181. The Morgan fingerprint density at radius 1 is 1.12 bits per heavy atom. The van der Waals surface area contributed by atoms with Gasteiger partial charge in [0.2, 0.25) is 5.91 Å². The highest BCUT2D eigenvalue weighted by Crippen LogP contribution is 2.31. The van der Waals surface area contributed by atoms with Crippen LogP contribution in [0.1, 0.15) is 23.2 Å². The average molecular weight is 429 g/mol. The van der Waals surface area contributed by atoms with Crippen molar-refractivity contribution < 1.29 is 4.79 Å². The van der Waals surface area contributed by atoms with Gasteiger partial charge >= 0.3 is 0 Å². The molecule has 0 atom stereocenters. The highest BCUT2D eigenvalue weighted by Gasteiger charge is 2.25. The second-order valence-electron chi connectivity index (χ2n) is 7.83. The Labute approximate surface area is 184 Å². The Bertz CT molecular complexity index is 1280. The van der Waals surface area contributed by atoms with Gasteiger partial charge in [0.25, 0.3) is 0 Å². The topological polar surface area (TPSA) is 128 Å². The van der Waals surface area contributed by atoms with Crippen LogP contribution in [0.2, 0.25) is 0 Å². The molecule has 4 aromatic heterocycles. The van der Waals surface area contributed by atoms with Gasteiger partial charge in [-0.15, -0.1) is 5.10 Å². The highest BCUT2D eigenvalue weighted by atomic mass is 16.1. The van der Waals surface area contributed by atoms with Crippen molar-refractivity contribution in [2.24, 2.45) is 12.8 Å². The molecule has 5 heterocycles. The monoisotopic (exact) mass is 429 g/mol. The summed E-state index contributed by atoms with van der Waals surface area (Å²) in [6.45, 7) is 1.80. The summed E-state index contributed by atoms with van der Waals surface area (Å²) in [5.74, 6) is 0.883. The molecule has 0 aromatic carbocycles. The van der Waals surface area contributed by atoms with Crippen molar-refractivity contribution in [1.29, 1.82) is 0 Å². The maximum absolute atomic E-state index is 11.8. The standard InChI is InChI=1S/C22H23N9O/c1-30-13-19(28-29-30)17-3-2-15-12-26-21(11-18(15)27-17)31(16-5-7-24-8-6-16)20-10-14(22(23)32)4-9-25-20/h2-4,9-13,16,24H,5-8H2,1H3,(H2,23,32). The van der Waals surface area contributed by atoms with Crippen LogP contribution in [0.15, 0.2) is 48.9 Å². The smallest absolute Gasteiger partial charge is 0.248 e. The van der Waals surface area contributed by atoms with Crippen molar-refractivity contribution in [3.05, 3.63) is 54.5 Å². The summed E-state index contributed by atoms with van der Waals surface area (Å²) in [6, 6.07) is 9.37. The van der Waals surface area contributed by atoms with Crippen molar-refractivity contribution in [2.75, 3.05) is 18.0 Å². The number of piperidine rings is 1. The largest absolute Gasteiger partial charge is 0.366 e. The van der Waals surface area contributed by atoms with Gasteiger partial charge in [0.05, 0.1) is 17.4 Å². The first-order valence-electron chi connectivity index (χ1n) is 10.5. The lowest BCUT2D eigenvalue weighted by Gasteiger charge is -2.35. The number of nitrogens with zero attached hydrogens (tertiary/aromatic N) is 7. The Morgan fingerprint density at radius 2 is 1.94 bits per heavy atom. The number of rotatable bonds is 5. The Morgan fingerprint density at radius 3 is 2.69 bits per heavy atom. The van der Waals surface area contributed by atoms with E-state index in [9.17, 15) is 4.79 Å². The van der Waals surface area contributed by atoms with E-state index >= 15 is 0 Å². The highest BCUT2D eigenvalue weighted by molar-refractivity contribution is 5.93. The molecule has 0 aliphatic carbocycles. The van der Waals surface area contributed by atoms with E-state index in [1.165, 1.54) is 0 Å². The number of aryl methyl sites for hydroxylation is 1. The predicted octanol–water partition coefficient (Wildman–Crippen LogP) is 1.81. The molecule has 10 heteroatoms. The fourth-order valence-corrected chi connectivity index (χ4v) is 4.00. The zero-order valence-corrected chi connectivity index (χ0v) is 17.6. The lowest BCUT2D eigenvalue weighted by Crippen LogP contribution is -2.41. The summed E-state index contributed by atoms with van der Waals surface area (Å²) < 4.78 is 1.65. The SMILES string of the molecule is Cn1cc(-c2ccc3cnc(N(c4cc(C(N)=O)ccn4)C4CCNCC4)cc3n2)nn1. The fourth-order valence-electron chi connectivity index (χ4n) is 4.00. The van der Waals surface area contributed by atoms with Crippen LogP contribution in [-0.2, 0) is 7.05 Å². The van der Waals surface area contributed by atoms with Crippen LogP contribution in [0.3, 0.4) is 0 Å². The second kappa shape index (κ2) is 8.31. The van der Waals surface area contributed by atoms with Crippen molar-refractivity contribution >= 4 is 28.4 Å². The van der Waals surface area contributed by atoms with Crippen LogP contribution in [0.4, 0.5) is 11.6 Å². The van der Waals surface area contributed by atoms with Crippen molar-refractivity contribution in [3.63, 3.8) is 0 Å². The van der Waals surface area contributed by atoms with Gasteiger partial charge in [-0.25, -0.2) is 15.0 Å². The first-order chi connectivity index (χ1) is 15.6. The number of hydrogen-bond acceptors (Lipinski definition) is 8. The van der Waals surface area contributed by atoms with Crippen LogP contribution in [0.5, 0.6) is 0 Å². The number of aromatic nitrogens is 6. The normalized spacial score (nSPS) is 14.5. The molecule has 0 saturated carbocycles. The zero-order valence-electron chi connectivity index (χ0n) is 17.6. The van der Waals surface area contributed by atoms with Crippen molar-refractivity contribution in [1.82, 2.24) is 35.3 Å². The molecule has 4 aromatic rings. The molecule has 0 bridgehead atoms. The molecule has 162 valence electrons. The van der Waals surface area contributed by atoms with E-state index in [0.717, 1.165) is 48.3 Å². The van der Waals surface area contributed by atoms with E-state index in [-0.39, 0.29) is 6.04 Å². The molecule has 10 nitrogen and oxygen atoms in total. The number of anilines is 2. The van der Waals surface area contributed by atoms with Crippen LogP contribution < -0.4 is 16.0 Å². The Hall–Kier alpha value is -3.92. The first kappa shape index (κ1) is 20.0. The summed E-state index contributed by atoms with van der Waals surface area (Å²) in [5.41, 5.74) is 8.17. The molecule has 1 amide bonds. The minimum Gasteiger partial charge on any atom is -0.366 e. The van der Waals surface area contributed by atoms with E-state index in [1.807, 2.05) is 37.6 Å². The van der Waals surface area contributed by atoms with Crippen LogP contribution >= 0.6 is 0 Å². The van der Waals surface area contributed by atoms with Gasteiger partial charge < -0.3 is 16.0 Å². The number of pyridine rings is 3. The molecule has 5 rings (SSSR count). The van der Waals surface area contributed by atoms with Crippen LogP contribution in [-0.4, -0.2) is 55.0 Å². The molecule has 1 aliphatic heterocycles. The van der Waals surface area contributed by atoms with Gasteiger partial charge in [-0.05, 0) is 50.2 Å². The number of hydrogen-bond donors (Lipinski definition) is 2. The van der Waals surface area contributed by atoms with Gasteiger partial charge in [-0.3, -0.25) is 9.48 Å². The third kappa shape index (κ3) is 3.87. The third-order valence-electron chi connectivity index (χ3n) is 5.62. The number of carbonyl (C=O) groups is 1. The van der Waals surface area contributed by atoms with Crippen LogP contribution in [0.25, 0.3) is 22.3 Å². The summed E-state index contributed by atoms with van der Waals surface area (Å²) in [6.07, 6.45) is 7.10. The number of primary amides is 1. The predicted molar refractivity (Wildman–Crippen MR) is 120 cm³/mol. The summed E-state index contributed by atoms with van der Waals surface area (Å²) in [7, 11) is 1.82. The van der Waals surface area contributed by atoms with Gasteiger partial charge in [-0.1, -0.05) is 5.21 Å². The number of nitrogens with one attached hydrogen (secondary N) is 1. The molecule has 3 N–H and O–H groups in total. The Kier molecular flexibility index (Phi) is 5.20. The lowest BCUT2D eigenvalue weighted by molar-refractivity contribution is 0.1000. The fraction of sp³-hybridized carbons (Fsp3) is 0.273. The third-order valence-corrected chi connectivity index (χ3v) is 5.62. The van der Waals surface area contributed by atoms with E-state index < -0.39 is 5.91 Å². The molecule has 1 fully saturated rings. The van der Waals surface area contributed by atoms with E-state index in [2.05, 4.69) is 25.5 Å². The number of fused-ring (bicyclic) bond motifs is 1. The average Bonchev–Trinajstić information content (AvgIpc) is 3.26. The summed E-state index contributed by atoms with van der Waals surface area (Å²) in [4.78, 5) is 27.9. The summed E-state index contributed by atoms with van der Waals surface area (Å²) >= 11 is 0. The lowest BCUT2D eigenvalue weighted by atomic mass is 10.0. The molecule has 0 spiro atoms. The molecular formula is C22H23N9O. The maximum atomic E-state index is 11.8. The van der Waals surface area contributed by atoms with Crippen molar-refractivity contribution in [2.45, 2.75) is 18.9 Å². The van der Waals surface area contributed by atoms with E-state index in [1.54, 1.807) is 23.0 Å². The number of carbonyl (C=O) groups excluding carboxylic acids is 1. The molecular weight excluding hydrogens is 406 g/mol. The first-order valence-corrected chi connectivity index (χ1v) is 10.5. The quantitative estimate of drug-likeness (QED) is 0.492. The molecule has 32 heavy (non-hydrogen) atoms.